The average molecular weight is 341 g/mol. The number of benzene rings is 2. The Morgan fingerprint density at radius 3 is 2.32 bits per heavy atom. The SMILES string of the molecule is O=C(NC(=O)c1c(Cl)cccc1Cl)Nc1cccc(CF)c1. The van der Waals surface area contributed by atoms with Crippen LogP contribution in [0.5, 0.6) is 0 Å². The lowest BCUT2D eigenvalue weighted by Crippen LogP contribution is -2.34. The number of urea groups is 1. The standard InChI is InChI=1S/C15H11Cl2FN2O2/c16-11-5-2-6-12(17)13(11)14(21)20-15(22)19-10-4-1-3-9(7-10)8-18/h1-7H,8H2,(H2,19,20,21,22). The van der Waals surface area contributed by atoms with Crippen molar-refractivity contribution in [2.75, 3.05) is 5.32 Å². The van der Waals surface area contributed by atoms with Gasteiger partial charge in [-0.05, 0) is 29.8 Å². The third-order valence-corrected chi connectivity index (χ3v) is 3.39. The smallest absolute Gasteiger partial charge is 0.308 e. The van der Waals surface area contributed by atoms with Gasteiger partial charge in [-0.25, -0.2) is 9.18 Å². The lowest BCUT2D eigenvalue weighted by Gasteiger charge is -2.09. The van der Waals surface area contributed by atoms with Crippen LogP contribution in [0.2, 0.25) is 10.0 Å². The largest absolute Gasteiger partial charge is 0.326 e. The molecular weight excluding hydrogens is 330 g/mol. The van der Waals surface area contributed by atoms with Crippen LogP contribution >= 0.6 is 23.2 Å². The monoisotopic (exact) mass is 340 g/mol. The lowest BCUT2D eigenvalue weighted by atomic mass is 10.2. The molecule has 0 aromatic heterocycles. The van der Waals surface area contributed by atoms with Crippen LogP contribution in [-0.2, 0) is 6.67 Å². The van der Waals surface area contributed by atoms with E-state index >= 15 is 0 Å². The fourth-order valence-electron chi connectivity index (χ4n) is 1.77. The van der Waals surface area contributed by atoms with E-state index in [2.05, 4.69) is 10.6 Å². The van der Waals surface area contributed by atoms with Crippen molar-refractivity contribution in [3.05, 3.63) is 63.6 Å². The maximum atomic E-state index is 12.6. The minimum atomic E-state index is -0.767. The number of amides is 3. The summed E-state index contributed by atoms with van der Waals surface area (Å²) >= 11 is 11.8. The van der Waals surface area contributed by atoms with Gasteiger partial charge in [0.1, 0.15) is 6.67 Å². The van der Waals surface area contributed by atoms with Crippen LogP contribution in [-0.4, -0.2) is 11.9 Å². The molecule has 2 aromatic rings. The first-order chi connectivity index (χ1) is 10.5. The molecule has 0 atom stereocenters. The average Bonchev–Trinajstić information content (AvgIpc) is 2.47. The third kappa shape index (κ3) is 3.96. The maximum Gasteiger partial charge on any atom is 0.326 e. The van der Waals surface area contributed by atoms with Crippen LogP contribution in [0, 0.1) is 0 Å². The topological polar surface area (TPSA) is 58.2 Å². The molecule has 0 fully saturated rings. The number of imide groups is 1. The van der Waals surface area contributed by atoms with Gasteiger partial charge in [-0.1, -0.05) is 41.4 Å². The highest BCUT2D eigenvalue weighted by molar-refractivity contribution is 6.40. The second kappa shape index (κ2) is 7.24. The number of anilines is 1. The van der Waals surface area contributed by atoms with Crippen molar-refractivity contribution in [1.29, 1.82) is 0 Å². The van der Waals surface area contributed by atoms with Gasteiger partial charge >= 0.3 is 6.03 Å². The van der Waals surface area contributed by atoms with Gasteiger partial charge in [0, 0.05) is 5.69 Å². The first kappa shape index (κ1) is 16.3. The first-order valence-corrected chi connectivity index (χ1v) is 6.98. The van der Waals surface area contributed by atoms with Gasteiger partial charge < -0.3 is 5.32 Å². The molecule has 0 aliphatic rings. The molecule has 0 saturated heterocycles. The highest BCUT2D eigenvalue weighted by Gasteiger charge is 2.17. The fraction of sp³-hybridized carbons (Fsp3) is 0.0667. The molecule has 7 heteroatoms. The van der Waals surface area contributed by atoms with Crippen LogP contribution in [0.25, 0.3) is 0 Å². The van der Waals surface area contributed by atoms with E-state index in [0.29, 0.717) is 11.3 Å². The summed E-state index contributed by atoms with van der Waals surface area (Å²) in [5.41, 5.74) is 0.794. The molecule has 114 valence electrons. The van der Waals surface area contributed by atoms with E-state index in [1.54, 1.807) is 24.3 Å². The van der Waals surface area contributed by atoms with Crippen molar-refractivity contribution >= 4 is 40.8 Å². The quantitative estimate of drug-likeness (QED) is 0.868. The van der Waals surface area contributed by atoms with E-state index in [0.717, 1.165) is 0 Å². The van der Waals surface area contributed by atoms with Crippen molar-refractivity contribution in [1.82, 2.24) is 5.32 Å². The molecular formula is C15H11Cl2FN2O2. The molecule has 3 amide bonds. The molecule has 0 unspecified atom stereocenters. The number of carbonyl (C=O) groups excluding carboxylic acids is 2. The van der Waals surface area contributed by atoms with Crippen LogP contribution in [0.3, 0.4) is 0 Å². The molecule has 0 saturated carbocycles. The summed E-state index contributed by atoms with van der Waals surface area (Å²) in [6.45, 7) is -0.648. The highest BCUT2D eigenvalue weighted by atomic mass is 35.5. The maximum absolute atomic E-state index is 12.6. The Bertz CT molecular complexity index is 702. The van der Waals surface area contributed by atoms with Gasteiger partial charge in [0.05, 0.1) is 15.6 Å². The summed E-state index contributed by atoms with van der Waals surface area (Å²) in [4.78, 5) is 23.8. The molecule has 0 radical (unpaired) electrons. The second-order valence-electron chi connectivity index (χ2n) is 4.34. The van der Waals surface area contributed by atoms with Gasteiger partial charge in [0.15, 0.2) is 0 Å². The Hall–Kier alpha value is -2.11. The van der Waals surface area contributed by atoms with Crippen molar-refractivity contribution in [3.8, 4) is 0 Å². The number of hydrogen-bond donors (Lipinski definition) is 2. The van der Waals surface area contributed by atoms with Gasteiger partial charge in [-0.2, -0.15) is 0 Å². The second-order valence-corrected chi connectivity index (χ2v) is 5.15. The van der Waals surface area contributed by atoms with Gasteiger partial charge in [-0.15, -0.1) is 0 Å². The summed E-state index contributed by atoms with van der Waals surface area (Å²) in [6.07, 6.45) is 0. The Kier molecular flexibility index (Phi) is 5.35. The number of halogens is 3. The van der Waals surface area contributed by atoms with Gasteiger partial charge in [-0.3, -0.25) is 10.1 Å². The molecule has 0 aliphatic carbocycles. The molecule has 0 bridgehead atoms. The van der Waals surface area contributed by atoms with Crippen LogP contribution < -0.4 is 10.6 Å². The summed E-state index contributed by atoms with van der Waals surface area (Å²) in [5.74, 6) is -0.727. The Labute approximate surface area is 136 Å². The van der Waals surface area contributed by atoms with Gasteiger partial charge in [0.25, 0.3) is 5.91 Å². The summed E-state index contributed by atoms with van der Waals surface area (Å²) in [6, 6.07) is 10.0. The number of alkyl halides is 1. The van der Waals surface area contributed by atoms with Crippen LogP contribution in [0.1, 0.15) is 15.9 Å². The molecule has 4 nitrogen and oxygen atoms in total. The highest BCUT2D eigenvalue weighted by Crippen LogP contribution is 2.24. The van der Waals surface area contributed by atoms with E-state index in [9.17, 15) is 14.0 Å². The number of rotatable bonds is 3. The van der Waals surface area contributed by atoms with Crippen molar-refractivity contribution in [2.45, 2.75) is 6.67 Å². The Morgan fingerprint density at radius 2 is 1.68 bits per heavy atom. The molecule has 0 spiro atoms. The molecule has 2 aromatic carbocycles. The minimum Gasteiger partial charge on any atom is -0.308 e. The predicted molar refractivity (Wildman–Crippen MR) is 84.2 cm³/mol. The number of nitrogens with one attached hydrogen (secondary N) is 2. The van der Waals surface area contributed by atoms with E-state index in [4.69, 9.17) is 23.2 Å². The zero-order valence-electron chi connectivity index (χ0n) is 11.2. The number of carbonyl (C=O) groups is 2. The van der Waals surface area contributed by atoms with Crippen LogP contribution in [0.15, 0.2) is 42.5 Å². The Balaban J connectivity index is 2.07. The van der Waals surface area contributed by atoms with E-state index in [1.807, 2.05) is 0 Å². The lowest BCUT2D eigenvalue weighted by molar-refractivity contribution is 0.0967. The van der Waals surface area contributed by atoms with Gasteiger partial charge in [0.2, 0.25) is 0 Å². The zero-order chi connectivity index (χ0) is 16.1. The predicted octanol–water partition coefficient (Wildman–Crippen LogP) is 4.42. The molecule has 2 rings (SSSR count). The Morgan fingerprint density at radius 1 is 1.05 bits per heavy atom. The normalized spacial score (nSPS) is 10.1. The van der Waals surface area contributed by atoms with Crippen molar-refractivity contribution in [3.63, 3.8) is 0 Å². The summed E-state index contributed by atoms with van der Waals surface area (Å²) in [5, 5.41) is 4.82. The minimum absolute atomic E-state index is 0.0125. The first-order valence-electron chi connectivity index (χ1n) is 6.22. The molecule has 22 heavy (non-hydrogen) atoms. The van der Waals surface area contributed by atoms with Crippen LogP contribution in [0.4, 0.5) is 14.9 Å². The summed E-state index contributed by atoms with van der Waals surface area (Å²) in [7, 11) is 0. The zero-order valence-corrected chi connectivity index (χ0v) is 12.7. The van der Waals surface area contributed by atoms with E-state index in [1.165, 1.54) is 18.2 Å². The summed E-state index contributed by atoms with van der Waals surface area (Å²) < 4.78 is 12.6. The molecule has 2 N–H and O–H groups in total. The third-order valence-electron chi connectivity index (χ3n) is 2.76. The fourth-order valence-corrected chi connectivity index (χ4v) is 2.34. The number of hydrogen-bond acceptors (Lipinski definition) is 2. The van der Waals surface area contributed by atoms with E-state index in [-0.39, 0.29) is 15.6 Å². The van der Waals surface area contributed by atoms with Crippen molar-refractivity contribution < 1.29 is 14.0 Å². The van der Waals surface area contributed by atoms with E-state index < -0.39 is 18.6 Å². The van der Waals surface area contributed by atoms with Crippen molar-refractivity contribution in [2.24, 2.45) is 0 Å². The molecule has 0 aliphatic heterocycles. The molecule has 0 heterocycles.